The molecule has 0 saturated carbocycles. The highest BCUT2D eigenvalue weighted by Crippen LogP contribution is 2.18. The lowest BCUT2D eigenvalue weighted by molar-refractivity contribution is -0.118. The van der Waals surface area contributed by atoms with Gasteiger partial charge in [-0.2, -0.15) is 0 Å². The van der Waals surface area contributed by atoms with E-state index in [4.69, 9.17) is 16.3 Å². The van der Waals surface area contributed by atoms with Gasteiger partial charge in [-0.1, -0.05) is 35.9 Å². The number of carbonyl (C=O) groups is 2. The van der Waals surface area contributed by atoms with Gasteiger partial charge in [0.25, 0.3) is 11.8 Å². The van der Waals surface area contributed by atoms with Gasteiger partial charge in [0.15, 0.2) is 6.61 Å². The minimum atomic E-state index is -0.303. The SMILES string of the molecule is O=C(COc1ccccc1C(=O)NCc1ccc(Cl)cc1)Nc1ccc(I)cc1. The van der Waals surface area contributed by atoms with Crippen LogP contribution in [0.1, 0.15) is 15.9 Å². The van der Waals surface area contributed by atoms with Gasteiger partial charge in [-0.05, 0) is 76.7 Å². The lowest BCUT2D eigenvalue weighted by Crippen LogP contribution is -2.25. The zero-order valence-electron chi connectivity index (χ0n) is 15.3. The smallest absolute Gasteiger partial charge is 0.262 e. The molecule has 2 N–H and O–H groups in total. The number of ether oxygens (including phenoxy) is 1. The van der Waals surface area contributed by atoms with Gasteiger partial charge in [-0.3, -0.25) is 9.59 Å². The highest BCUT2D eigenvalue weighted by atomic mass is 127. The number of amides is 2. The van der Waals surface area contributed by atoms with E-state index in [1.165, 1.54) is 0 Å². The molecule has 0 aromatic heterocycles. The van der Waals surface area contributed by atoms with Crippen molar-refractivity contribution in [1.82, 2.24) is 5.32 Å². The average molecular weight is 521 g/mol. The fraction of sp³-hybridized carbons (Fsp3) is 0.0909. The summed E-state index contributed by atoms with van der Waals surface area (Å²) in [5.41, 5.74) is 1.98. The third kappa shape index (κ3) is 6.47. The molecule has 148 valence electrons. The molecule has 0 bridgehead atoms. The molecule has 0 aliphatic heterocycles. The minimum Gasteiger partial charge on any atom is -0.483 e. The van der Waals surface area contributed by atoms with E-state index in [0.29, 0.717) is 28.6 Å². The normalized spacial score (nSPS) is 10.3. The van der Waals surface area contributed by atoms with Crippen LogP contribution in [0.3, 0.4) is 0 Å². The van der Waals surface area contributed by atoms with Crippen molar-refractivity contribution in [1.29, 1.82) is 0 Å². The lowest BCUT2D eigenvalue weighted by Gasteiger charge is -2.12. The Bertz CT molecular complexity index is 992. The van der Waals surface area contributed by atoms with E-state index in [-0.39, 0.29) is 18.4 Å². The van der Waals surface area contributed by atoms with Crippen LogP contribution in [-0.2, 0) is 11.3 Å². The quantitative estimate of drug-likeness (QED) is 0.436. The van der Waals surface area contributed by atoms with Gasteiger partial charge in [0.2, 0.25) is 0 Å². The van der Waals surface area contributed by atoms with E-state index in [1.807, 2.05) is 36.4 Å². The Morgan fingerprint density at radius 2 is 1.62 bits per heavy atom. The van der Waals surface area contributed by atoms with Gasteiger partial charge < -0.3 is 15.4 Å². The van der Waals surface area contributed by atoms with Gasteiger partial charge >= 0.3 is 0 Å². The van der Waals surface area contributed by atoms with E-state index in [1.54, 1.807) is 36.4 Å². The molecular formula is C22H18ClIN2O3. The van der Waals surface area contributed by atoms with Crippen LogP contribution in [0.15, 0.2) is 72.8 Å². The lowest BCUT2D eigenvalue weighted by atomic mass is 10.1. The van der Waals surface area contributed by atoms with Crippen molar-refractivity contribution in [2.24, 2.45) is 0 Å². The third-order valence-corrected chi connectivity index (χ3v) is 4.96. The molecule has 0 radical (unpaired) electrons. The molecule has 0 fully saturated rings. The van der Waals surface area contributed by atoms with E-state index in [2.05, 4.69) is 33.2 Å². The molecule has 5 nitrogen and oxygen atoms in total. The van der Waals surface area contributed by atoms with E-state index >= 15 is 0 Å². The summed E-state index contributed by atoms with van der Waals surface area (Å²) in [5.74, 6) is -0.241. The fourth-order valence-corrected chi connectivity index (χ4v) is 3.02. The summed E-state index contributed by atoms with van der Waals surface area (Å²) in [5, 5.41) is 6.25. The van der Waals surface area contributed by atoms with Crippen molar-refractivity contribution < 1.29 is 14.3 Å². The molecule has 0 unspecified atom stereocenters. The summed E-state index contributed by atoms with van der Waals surface area (Å²) < 4.78 is 6.67. The van der Waals surface area contributed by atoms with Crippen LogP contribution in [0.2, 0.25) is 5.02 Å². The highest BCUT2D eigenvalue weighted by molar-refractivity contribution is 14.1. The molecule has 7 heteroatoms. The number of halogens is 2. The third-order valence-electron chi connectivity index (χ3n) is 3.98. The van der Waals surface area contributed by atoms with Crippen molar-refractivity contribution in [3.05, 3.63) is 92.5 Å². The van der Waals surface area contributed by atoms with Gasteiger partial charge in [-0.25, -0.2) is 0 Å². The number of hydrogen-bond donors (Lipinski definition) is 2. The van der Waals surface area contributed by atoms with Crippen LogP contribution in [0.25, 0.3) is 0 Å². The number of rotatable bonds is 7. The Kier molecular flexibility index (Phi) is 7.48. The Hall–Kier alpha value is -2.58. The molecule has 29 heavy (non-hydrogen) atoms. The number of nitrogens with one attached hydrogen (secondary N) is 2. The summed E-state index contributed by atoms with van der Waals surface area (Å²) in [6, 6.07) is 21.5. The number of benzene rings is 3. The topological polar surface area (TPSA) is 67.4 Å². The fourth-order valence-electron chi connectivity index (χ4n) is 2.53. The summed E-state index contributed by atoms with van der Waals surface area (Å²) in [4.78, 5) is 24.7. The largest absolute Gasteiger partial charge is 0.483 e. The molecule has 0 aliphatic carbocycles. The van der Waals surface area contributed by atoms with Crippen LogP contribution >= 0.6 is 34.2 Å². The molecule has 0 atom stereocenters. The van der Waals surface area contributed by atoms with Crippen LogP contribution in [0.5, 0.6) is 5.75 Å². The molecular weight excluding hydrogens is 503 g/mol. The van der Waals surface area contributed by atoms with Crippen LogP contribution < -0.4 is 15.4 Å². The first kappa shape index (κ1) is 21.1. The summed E-state index contributed by atoms with van der Waals surface area (Å²) >= 11 is 8.07. The zero-order valence-corrected chi connectivity index (χ0v) is 18.2. The van der Waals surface area contributed by atoms with Crippen molar-refractivity contribution in [2.45, 2.75) is 6.54 Å². The van der Waals surface area contributed by atoms with Gasteiger partial charge in [0, 0.05) is 20.8 Å². The van der Waals surface area contributed by atoms with E-state index < -0.39 is 0 Å². The maximum Gasteiger partial charge on any atom is 0.262 e. The molecule has 0 heterocycles. The van der Waals surface area contributed by atoms with Crippen molar-refractivity contribution >= 4 is 51.7 Å². The monoisotopic (exact) mass is 520 g/mol. The van der Waals surface area contributed by atoms with Crippen LogP contribution in [0, 0.1) is 3.57 Å². The first-order valence-electron chi connectivity index (χ1n) is 8.81. The second kappa shape index (κ2) is 10.3. The minimum absolute atomic E-state index is 0.201. The van der Waals surface area contributed by atoms with Crippen molar-refractivity contribution in [3.63, 3.8) is 0 Å². The number of para-hydroxylation sites is 1. The molecule has 0 spiro atoms. The zero-order chi connectivity index (χ0) is 20.6. The molecule has 2 amide bonds. The molecule has 3 aromatic rings. The van der Waals surface area contributed by atoms with Crippen LogP contribution in [-0.4, -0.2) is 18.4 Å². The highest BCUT2D eigenvalue weighted by Gasteiger charge is 2.13. The maximum absolute atomic E-state index is 12.6. The predicted molar refractivity (Wildman–Crippen MR) is 122 cm³/mol. The Morgan fingerprint density at radius 1 is 0.931 bits per heavy atom. The van der Waals surface area contributed by atoms with Crippen molar-refractivity contribution in [2.75, 3.05) is 11.9 Å². The van der Waals surface area contributed by atoms with Crippen LogP contribution in [0.4, 0.5) is 5.69 Å². The van der Waals surface area contributed by atoms with E-state index in [9.17, 15) is 9.59 Å². The average Bonchev–Trinajstić information content (AvgIpc) is 2.73. The standard InChI is InChI=1S/C22H18ClIN2O3/c23-16-7-5-15(6-8-16)13-25-22(28)19-3-1-2-4-20(19)29-14-21(27)26-18-11-9-17(24)10-12-18/h1-12H,13-14H2,(H,25,28)(H,26,27). The summed E-state index contributed by atoms with van der Waals surface area (Å²) in [6.45, 7) is 0.158. The molecule has 3 aromatic carbocycles. The maximum atomic E-state index is 12.6. The first-order chi connectivity index (χ1) is 14.0. The number of carbonyl (C=O) groups excluding carboxylic acids is 2. The van der Waals surface area contributed by atoms with Gasteiger partial charge in [-0.15, -0.1) is 0 Å². The molecule has 0 saturated heterocycles. The Balaban J connectivity index is 1.57. The Labute approximate surface area is 187 Å². The first-order valence-corrected chi connectivity index (χ1v) is 10.3. The Morgan fingerprint density at radius 3 is 2.34 bits per heavy atom. The second-order valence-corrected chi connectivity index (χ2v) is 7.83. The van der Waals surface area contributed by atoms with E-state index in [0.717, 1.165) is 9.13 Å². The van der Waals surface area contributed by atoms with Crippen molar-refractivity contribution in [3.8, 4) is 5.75 Å². The predicted octanol–water partition coefficient (Wildman–Crippen LogP) is 4.89. The summed E-state index contributed by atoms with van der Waals surface area (Å²) in [7, 11) is 0. The molecule has 3 rings (SSSR count). The molecule has 0 aliphatic rings. The second-order valence-electron chi connectivity index (χ2n) is 6.15. The number of anilines is 1. The number of hydrogen-bond acceptors (Lipinski definition) is 3. The van der Waals surface area contributed by atoms with Gasteiger partial charge in [0.1, 0.15) is 5.75 Å². The van der Waals surface area contributed by atoms with Gasteiger partial charge in [0.05, 0.1) is 5.56 Å². The summed E-state index contributed by atoms with van der Waals surface area (Å²) in [6.07, 6.45) is 0.